The number of hydrogen-bond donors (Lipinski definition) is 3. The fourth-order valence-corrected chi connectivity index (χ4v) is 1.76. The highest BCUT2D eigenvalue weighted by Gasteiger charge is 2.05. The largest absolute Gasteiger partial charge is 0.467 e. The van der Waals surface area contributed by atoms with E-state index < -0.39 is 6.03 Å². The number of benzene rings is 1. The van der Waals surface area contributed by atoms with Gasteiger partial charge in [0.2, 0.25) is 5.91 Å². The molecule has 0 aliphatic carbocycles. The van der Waals surface area contributed by atoms with Crippen LogP contribution in [0.2, 0.25) is 0 Å². The minimum Gasteiger partial charge on any atom is -0.467 e. The molecular weight excluding hydrogens is 296 g/mol. The van der Waals surface area contributed by atoms with Crippen molar-refractivity contribution in [2.75, 3.05) is 6.54 Å². The van der Waals surface area contributed by atoms with Gasteiger partial charge in [-0.15, -0.1) is 0 Å². The van der Waals surface area contributed by atoms with Crippen molar-refractivity contribution < 1.29 is 14.0 Å². The number of hydrogen-bond acceptors (Lipinski definition) is 4. The van der Waals surface area contributed by atoms with Crippen LogP contribution in [0.1, 0.15) is 16.9 Å². The summed E-state index contributed by atoms with van der Waals surface area (Å²) in [5, 5.41) is 16.4. The van der Waals surface area contributed by atoms with E-state index in [-0.39, 0.29) is 19.0 Å². The number of nitrogens with zero attached hydrogens (tertiary/aromatic N) is 1. The molecule has 0 saturated heterocycles. The third-order valence-electron chi connectivity index (χ3n) is 2.99. The quantitative estimate of drug-likeness (QED) is 0.746. The zero-order chi connectivity index (χ0) is 16.5. The maximum Gasteiger partial charge on any atom is 0.315 e. The second kappa shape index (κ2) is 8.24. The summed E-state index contributed by atoms with van der Waals surface area (Å²) >= 11 is 0. The van der Waals surface area contributed by atoms with Crippen molar-refractivity contribution in [3.63, 3.8) is 0 Å². The number of nitriles is 1. The van der Waals surface area contributed by atoms with Gasteiger partial charge in [-0.2, -0.15) is 5.26 Å². The molecule has 7 heteroatoms. The molecule has 0 saturated carbocycles. The summed E-state index contributed by atoms with van der Waals surface area (Å²) in [6, 6.07) is 11.9. The molecule has 2 aromatic rings. The molecule has 0 aliphatic rings. The molecule has 7 nitrogen and oxygen atoms in total. The Morgan fingerprint density at radius 2 is 1.83 bits per heavy atom. The Morgan fingerprint density at radius 3 is 2.48 bits per heavy atom. The first kappa shape index (κ1) is 16.1. The van der Waals surface area contributed by atoms with Gasteiger partial charge in [0.15, 0.2) is 0 Å². The second-order valence-corrected chi connectivity index (χ2v) is 4.70. The number of carbonyl (C=O) groups excluding carboxylic acids is 2. The fraction of sp³-hybridized carbons (Fsp3) is 0.188. The average Bonchev–Trinajstić information content (AvgIpc) is 3.10. The third-order valence-corrected chi connectivity index (χ3v) is 2.99. The maximum absolute atomic E-state index is 11.7. The number of rotatable bonds is 6. The Labute approximate surface area is 133 Å². The van der Waals surface area contributed by atoms with Crippen molar-refractivity contribution in [2.45, 2.75) is 13.1 Å². The first-order valence-electron chi connectivity index (χ1n) is 6.97. The van der Waals surface area contributed by atoms with Crippen LogP contribution in [0.15, 0.2) is 47.1 Å². The molecule has 0 unspecified atom stereocenters. The SMILES string of the molecule is N#Cc1ccc(CNC(=O)CNC(=O)NCc2ccco2)cc1. The highest BCUT2D eigenvalue weighted by molar-refractivity contribution is 5.83. The lowest BCUT2D eigenvalue weighted by molar-refractivity contribution is -0.120. The van der Waals surface area contributed by atoms with Crippen LogP contribution in [-0.2, 0) is 17.9 Å². The van der Waals surface area contributed by atoms with Gasteiger partial charge in [0, 0.05) is 6.54 Å². The van der Waals surface area contributed by atoms with Gasteiger partial charge in [-0.25, -0.2) is 4.79 Å². The Hall–Kier alpha value is -3.27. The summed E-state index contributed by atoms with van der Waals surface area (Å²) in [6.07, 6.45) is 1.52. The van der Waals surface area contributed by atoms with E-state index in [0.717, 1.165) is 5.56 Å². The summed E-state index contributed by atoms with van der Waals surface area (Å²) in [5.74, 6) is 0.327. The Balaban J connectivity index is 1.64. The summed E-state index contributed by atoms with van der Waals surface area (Å²) in [5.41, 5.74) is 1.44. The number of nitrogens with one attached hydrogen (secondary N) is 3. The lowest BCUT2D eigenvalue weighted by Gasteiger charge is -2.08. The van der Waals surface area contributed by atoms with E-state index in [9.17, 15) is 9.59 Å². The minimum absolute atomic E-state index is 0.125. The third kappa shape index (κ3) is 5.55. The van der Waals surface area contributed by atoms with Gasteiger partial charge in [0.05, 0.1) is 31.0 Å². The van der Waals surface area contributed by atoms with Crippen LogP contribution in [0, 0.1) is 11.3 Å². The van der Waals surface area contributed by atoms with Crippen LogP contribution in [0.25, 0.3) is 0 Å². The highest BCUT2D eigenvalue weighted by Crippen LogP contribution is 2.02. The van der Waals surface area contributed by atoms with Crippen LogP contribution >= 0.6 is 0 Å². The second-order valence-electron chi connectivity index (χ2n) is 4.70. The van der Waals surface area contributed by atoms with E-state index in [1.165, 1.54) is 6.26 Å². The summed E-state index contributed by atoms with van der Waals surface area (Å²) in [7, 11) is 0. The zero-order valence-electron chi connectivity index (χ0n) is 12.3. The van der Waals surface area contributed by atoms with Crippen LogP contribution < -0.4 is 16.0 Å². The van der Waals surface area contributed by atoms with E-state index in [0.29, 0.717) is 17.9 Å². The average molecular weight is 312 g/mol. The van der Waals surface area contributed by atoms with Gasteiger partial charge in [0.25, 0.3) is 0 Å². The molecule has 0 fully saturated rings. The van der Waals surface area contributed by atoms with Crippen molar-refractivity contribution in [3.05, 3.63) is 59.5 Å². The number of carbonyl (C=O) groups is 2. The molecule has 0 spiro atoms. The predicted octanol–water partition coefficient (Wildman–Crippen LogP) is 1.27. The van der Waals surface area contributed by atoms with E-state index in [1.54, 1.807) is 36.4 Å². The normalized spacial score (nSPS) is 9.70. The first-order valence-corrected chi connectivity index (χ1v) is 6.97. The lowest BCUT2D eigenvalue weighted by Crippen LogP contribution is -2.41. The standard InChI is InChI=1S/C16H16N4O3/c17-8-12-3-5-13(6-4-12)9-18-15(21)11-20-16(22)19-10-14-2-1-7-23-14/h1-7H,9-11H2,(H,18,21)(H2,19,20,22). The van der Waals surface area contributed by atoms with Gasteiger partial charge in [-0.3, -0.25) is 4.79 Å². The van der Waals surface area contributed by atoms with E-state index in [4.69, 9.17) is 9.68 Å². The molecule has 0 atom stereocenters. The van der Waals surface area contributed by atoms with E-state index in [1.807, 2.05) is 6.07 Å². The smallest absolute Gasteiger partial charge is 0.315 e. The Bertz CT molecular complexity index is 687. The topological polar surface area (TPSA) is 107 Å². The molecule has 0 aliphatic heterocycles. The lowest BCUT2D eigenvalue weighted by atomic mass is 10.1. The van der Waals surface area contributed by atoms with E-state index >= 15 is 0 Å². The minimum atomic E-state index is -0.449. The summed E-state index contributed by atoms with van der Waals surface area (Å²) in [6.45, 7) is 0.464. The van der Waals surface area contributed by atoms with Crippen LogP contribution in [0.4, 0.5) is 4.79 Å². The van der Waals surface area contributed by atoms with Crippen molar-refractivity contribution in [1.29, 1.82) is 5.26 Å². The number of amides is 3. The maximum atomic E-state index is 11.7. The Morgan fingerprint density at radius 1 is 1.04 bits per heavy atom. The molecule has 3 amide bonds. The van der Waals surface area contributed by atoms with Gasteiger partial charge in [-0.05, 0) is 29.8 Å². The molecule has 0 radical (unpaired) electrons. The van der Waals surface area contributed by atoms with Crippen LogP contribution in [0.5, 0.6) is 0 Å². The first-order chi connectivity index (χ1) is 11.2. The van der Waals surface area contributed by atoms with Gasteiger partial charge < -0.3 is 20.4 Å². The molecule has 2 rings (SSSR count). The molecular formula is C16H16N4O3. The highest BCUT2D eigenvalue weighted by atomic mass is 16.3. The monoisotopic (exact) mass is 312 g/mol. The van der Waals surface area contributed by atoms with Crippen molar-refractivity contribution >= 4 is 11.9 Å². The molecule has 0 bridgehead atoms. The molecule has 1 aromatic carbocycles. The number of furan rings is 1. The summed E-state index contributed by atoms with van der Waals surface area (Å²) < 4.78 is 5.07. The molecule has 3 N–H and O–H groups in total. The molecule has 23 heavy (non-hydrogen) atoms. The van der Waals surface area contributed by atoms with Crippen molar-refractivity contribution in [2.24, 2.45) is 0 Å². The number of urea groups is 1. The van der Waals surface area contributed by atoms with Crippen molar-refractivity contribution in [1.82, 2.24) is 16.0 Å². The molecule has 1 heterocycles. The zero-order valence-corrected chi connectivity index (χ0v) is 12.3. The summed E-state index contributed by atoms with van der Waals surface area (Å²) in [4.78, 5) is 23.2. The van der Waals surface area contributed by atoms with Crippen molar-refractivity contribution in [3.8, 4) is 6.07 Å². The van der Waals surface area contributed by atoms with Gasteiger partial charge >= 0.3 is 6.03 Å². The predicted molar refractivity (Wildman–Crippen MR) is 82.0 cm³/mol. The fourth-order valence-electron chi connectivity index (χ4n) is 1.76. The van der Waals surface area contributed by atoms with Crippen LogP contribution in [-0.4, -0.2) is 18.5 Å². The Kier molecular flexibility index (Phi) is 5.77. The van der Waals surface area contributed by atoms with Gasteiger partial charge in [-0.1, -0.05) is 12.1 Å². The molecule has 118 valence electrons. The molecule has 1 aromatic heterocycles. The van der Waals surface area contributed by atoms with Gasteiger partial charge in [0.1, 0.15) is 5.76 Å². The van der Waals surface area contributed by atoms with E-state index in [2.05, 4.69) is 16.0 Å². The van der Waals surface area contributed by atoms with Crippen LogP contribution in [0.3, 0.4) is 0 Å².